The molecule has 3 rings (SSSR count). The Bertz CT molecular complexity index is 453. The van der Waals surface area contributed by atoms with Crippen LogP contribution in [0.15, 0.2) is 0 Å². The summed E-state index contributed by atoms with van der Waals surface area (Å²) >= 11 is 0. The molecule has 0 radical (unpaired) electrons. The molecule has 7 heteroatoms. The number of epoxide rings is 2. The third-order valence-corrected chi connectivity index (χ3v) is 23.3. The lowest BCUT2D eigenvalue weighted by Crippen LogP contribution is -2.71. The average molecular weight is 403 g/mol. The molecule has 0 bridgehead atoms. The van der Waals surface area contributed by atoms with Crippen molar-refractivity contribution >= 4 is 15.4 Å². The zero-order chi connectivity index (χ0) is 19.0. The summed E-state index contributed by atoms with van der Waals surface area (Å²) in [4.78, 5) is 0. The Hall–Kier alpha value is 0.234. The number of ether oxygens (including phenoxy) is 4. The number of rotatable bonds is 10. The van der Waals surface area contributed by atoms with E-state index in [1.807, 2.05) is 0 Å². The molecule has 26 heavy (non-hydrogen) atoms. The third-order valence-electron chi connectivity index (χ3n) is 6.82. The summed E-state index contributed by atoms with van der Waals surface area (Å²) in [6.07, 6.45) is 3.62. The van der Waals surface area contributed by atoms with Gasteiger partial charge in [0.15, 0.2) is 7.83 Å². The minimum absolute atomic E-state index is 0.0636. The van der Waals surface area contributed by atoms with Gasteiger partial charge in [-0.2, -0.15) is 0 Å². The predicted molar refractivity (Wildman–Crippen MR) is 108 cm³/mol. The molecule has 3 aliphatic rings. The molecule has 0 saturated carbocycles. The molecule has 0 N–H and O–H groups in total. The van der Waals surface area contributed by atoms with E-state index in [-0.39, 0.29) is 30.0 Å². The molecule has 3 aliphatic heterocycles. The van der Waals surface area contributed by atoms with Crippen molar-refractivity contribution in [2.45, 2.75) is 95.4 Å². The fourth-order valence-electron chi connectivity index (χ4n) is 4.12. The Balaban J connectivity index is 1.82. The lowest BCUT2D eigenvalue weighted by molar-refractivity contribution is -0.178. The van der Waals surface area contributed by atoms with Gasteiger partial charge in [0.2, 0.25) is 0 Å². The lowest BCUT2D eigenvalue weighted by Gasteiger charge is -2.57. The summed E-state index contributed by atoms with van der Waals surface area (Å²) in [5.41, 5.74) is -0.328. The van der Waals surface area contributed by atoms with Crippen LogP contribution in [-0.2, 0) is 23.4 Å². The van der Waals surface area contributed by atoms with Crippen molar-refractivity contribution in [3.63, 3.8) is 0 Å². The molecule has 4 unspecified atom stereocenters. The number of hydrogen-bond donors (Lipinski definition) is 0. The molecular formula is C19H38O5Si2. The molecule has 5 nitrogen and oxygen atoms in total. The highest BCUT2D eigenvalue weighted by Crippen LogP contribution is 2.46. The minimum atomic E-state index is -1.78. The van der Waals surface area contributed by atoms with E-state index in [4.69, 9.17) is 23.4 Å². The van der Waals surface area contributed by atoms with Crippen molar-refractivity contribution in [2.24, 2.45) is 0 Å². The molecule has 0 spiro atoms. The van der Waals surface area contributed by atoms with Crippen LogP contribution in [-0.4, -0.2) is 71.9 Å². The van der Waals surface area contributed by atoms with Crippen molar-refractivity contribution in [1.82, 2.24) is 0 Å². The summed E-state index contributed by atoms with van der Waals surface area (Å²) in [7, 11) is -3.11. The molecule has 3 saturated heterocycles. The van der Waals surface area contributed by atoms with Gasteiger partial charge in [0.25, 0.3) is 0 Å². The van der Waals surface area contributed by atoms with Gasteiger partial charge in [-0.15, -0.1) is 0 Å². The van der Waals surface area contributed by atoms with Crippen LogP contribution in [0.2, 0.25) is 32.2 Å². The smallest absolute Gasteiger partial charge is 0.174 e. The van der Waals surface area contributed by atoms with Crippen LogP contribution in [0.3, 0.4) is 0 Å². The van der Waals surface area contributed by atoms with Crippen molar-refractivity contribution < 1.29 is 23.4 Å². The van der Waals surface area contributed by atoms with Crippen molar-refractivity contribution in [3.05, 3.63) is 0 Å². The number of hydrogen-bond acceptors (Lipinski definition) is 5. The fraction of sp³-hybridized carbons (Fsp3) is 1.00. The first-order valence-electron chi connectivity index (χ1n) is 10.4. The molecule has 0 amide bonds. The van der Waals surface area contributed by atoms with Crippen molar-refractivity contribution in [2.75, 3.05) is 26.4 Å². The Kier molecular flexibility index (Phi) is 6.39. The second-order valence-corrected chi connectivity index (χ2v) is 24.5. The Morgan fingerprint density at radius 3 is 1.73 bits per heavy atom. The van der Waals surface area contributed by atoms with E-state index >= 15 is 0 Å². The highest BCUT2D eigenvalue weighted by atomic mass is 29.3. The highest BCUT2D eigenvalue weighted by molar-refractivity contribution is 7.38. The normalized spacial score (nSPS) is 37.2. The van der Waals surface area contributed by atoms with E-state index in [1.165, 1.54) is 6.04 Å². The van der Waals surface area contributed by atoms with Gasteiger partial charge >= 0.3 is 0 Å². The van der Waals surface area contributed by atoms with Gasteiger partial charge in [-0.25, -0.2) is 0 Å². The standard InChI is InChI=1S/C19H38O5Si2/c1-7-17(22-13-15-11-20-15)19(18(8-2)23-14-16-12-21-16)9-10-25(3,4)26(5,6)24-19/h15-18H,7-14H2,1-6H3. The first-order valence-corrected chi connectivity index (χ1v) is 17.5. The van der Waals surface area contributed by atoms with Crippen LogP contribution in [0.4, 0.5) is 0 Å². The summed E-state index contributed by atoms with van der Waals surface area (Å²) in [6, 6.07) is 1.30. The monoisotopic (exact) mass is 402 g/mol. The zero-order valence-corrected chi connectivity index (χ0v) is 19.5. The van der Waals surface area contributed by atoms with E-state index in [1.54, 1.807) is 0 Å². The summed E-state index contributed by atoms with van der Waals surface area (Å²) < 4.78 is 30.7. The van der Waals surface area contributed by atoms with Gasteiger partial charge in [0, 0.05) is 0 Å². The second-order valence-electron chi connectivity index (χ2n) is 9.32. The molecule has 0 aromatic heterocycles. The van der Waals surface area contributed by atoms with Gasteiger partial charge in [-0.05, 0) is 32.4 Å². The largest absolute Gasteiger partial charge is 0.409 e. The molecule has 0 aromatic carbocycles. The van der Waals surface area contributed by atoms with Crippen LogP contribution in [0, 0.1) is 0 Å². The van der Waals surface area contributed by atoms with Crippen LogP contribution in [0.5, 0.6) is 0 Å². The fourth-order valence-corrected chi connectivity index (χ4v) is 10.9. The van der Waals surface area contributed by atoms with E-state index in [0.29, 0.717) is 13.2 Å². The van der Waals surface area contributed by atoms with Gasteiger partial charge in [-0.3, -0.25) is 0 Å². The van der Waals surface area contributed by atoms with Crippen molar-refractivity contribution in [1.29, 1.82) is 0 Å². The minimum Gasteiger partial charge on any atom is -0.409 e. The maximum atomic E-state index is 7.16. The third kappa shape index (κ3) is 4.45. The molecule has 152 valence electrons. The Morgan fingerprint density at radius 1 is 0.923 bits per heavy atom. The predicted octanol–water partition coefficient (Wildman–Crippen LogP) is 3.53. The highest BCUT2D eigenvalue weighted by Gasteiger charge is 2.59. The Labute approximate surface area is 161 Å². The van der Waals surface area contributed by atoms with Gasteiger partial charge < -0.3 is 23.4 Å². The average Bonchev–Trinajstić information content (AvgIpc) is 3.46. The first-order chi connectivity index (χ1) is 12.2. The summed E-state index contributed by atoms with van der Waals surface area (Å²) in [5.74, 6) is 0. The summed E-state index contributed by atoms with van der Waals surface area (Å²) in [5, 5.41) is 0. The molecule has 0 aromatic rings. The topological polar surface area (TPSA) is 52.8 Å². The molecule has 0 aliphatic carbocycles. The molecular weight excluding hydrogens is 364 g/mol. The van der Waals surface area contributed by atoms with E-state index < -0.39 is 15.4 Å². The molecule has 3 fully saturated rings. The first kappa shape index (κ1) is 21.0. The van der Waals surface area contributed by atoms with E-state index in [2.05, 4.69) is 40.0 Å². The van der Waals surface area contributed by atoms with Crippen molar-refractivity contribution in [3.8, 4) is 0 Å². The zero-order valence-electron chi connectivity index (χ0n) is 17.5. The van der Waals surface area contributed by atoms with Crippen LogP contribution in [0.25, 0.3) is 0 Å². The van der Waals surface area contributed by atoms with Crippen LogP contribution < -0.4 is 0 Å². The molecule has 4 atom stereocenters. The van der Waals surface area contributed by atoms with Gasteiger partial charge in [-0.1, -0.05) is 33.0 Å². The van der Waals surface area contributed by atoms with Gasteiger partial charge in [0.1, 0.15) is 17.8 Å². The summed E-state index contributed by atoms with van der Waals surface area (Å²) in [6.45, 7) is 17.3. The lowest BCUT2D eigenvalue weighted by atomic mass is 9.84. The molecule has 3 heterocycles. The van der Waals surface area contributed by atoms with Crippen LogP contribution >= 0.6 is 0 Å². The van der Waals surface area contributed by atoms with Crippen LogP contribution in [0.1, 0.15) is 33.1 Å². The maximum Gasteiger partial charge on any atom is 0.174 e. The van der Waals surface area contributed by atoms with E-state index in [9.17, 15) is 0 Å². The van der Waals surface area contributed by atoms with Gasteiger partial charge in [0.05, 0.1) is 46.2 Å². The van der Waals surface area contributed by atoms with E-state index in [0.717, 1.165) is 32.5 Å². The maximum absolute atomic E-state index is 7.16. The quantitative estimate of drug-likeness (QED) is 0.413. The SMILES string of the molecule is CCC(OCC1CO1)C1(C(CC)OCC2CO2)CC[Si](C)(C)[Si](C)(C)O1. The Morgan fingerprint density at radius 2 is 1.38 bits per heavy atom. The second kappa shape index (κ2) is 7.93.